The third-order valence-electron chi connectivity index (χ3n) is 2.93. The second-order valence-electron chi connectivity index (χ2n) is 4.85. The minimum absolute atomic E-state index is 0. The number of amidine groups is 1. The molecule has 1 heterocycles. The summed E-state index contributed by atoms with van der Waals surface area (Å²) in [5, 5.41) is 3.12. The van der Waals surface area contributed by atoms with Crippen LogP contribution in [0.25, 0.3) is 0 Å². The monoisotopic (exact) mass is 333 g/mol. The fourth-order valence-corrected chi connectivity index (χ4v) is 2.61. The maximum absolute atomic E-state index is 11.3. The lowest BCUT2D eigenvalue weighted by molar-refractivity contribution is 0.371. The minimum atomic E-state index is -3.30. The highest BCUT2D eigenvalue weighted by Gasteiger charge is 2.11. The van der Waals surface area contributed by atoms with Crippen molar-refractivity contribution in [3.8, 4) is 5.75 Å². The predicted molar refractivity (Wildman–Crippen MR) is 87.4 cm³/mol. The Morgan fingerprint density at radius 1 is 1.33 bits per heavy atom. The first kappa shape index (κ1) is 17.6. The Labute approximate surface area is 131 Å². The molecular formula is C13H20ClN3O3S. The number of anilines is 1. The van der Waals surface area contributed by atoms with Gasteiger partial charge in [-0.15, -0.1) is 12.4 Å². The van der Waals surface area contributed by atoms with Crippen LogP contribution in [0.15, 0.2) is 17.1 Å². The van der Waals surface area contributed by atoms with Crippen LogP contribution in [-0.2, 0) is 10.0 Å². The van der Waals surface area contributed by atoms with Crippen molar-refractivity contribution in [2.75, 3.05) is 30.7 Å². The van der Waals surface area contributed by atoms with Crippen molar-refractivity contribution in [1.82, 2.24) is 5.32 Å². The van der Waals surface area contributed by atoms with E-state index in [-0.39, 0.29) is 12.4 Å². The maximum atomic E-state index is 11.3. The van der Waals surface area contributed by atoms with Gasteiger partial charge in [0.05, 0.1) is 18.5 Å². The molecule has 0 atom stereocenters. The van der Waals surface area contributed by atoms with E-state index in [4.69, 9.17) is 4.74 Å². The van der Waals surface area contributed by atoms with Gasteiger partial charge in [0.15, 0.2) is 0 Å². The molecule has 118 valence electrons. The van der Waals surface area contributed by atoms with Gasteiger partial charge in [0, 0.05) is 12.6 Å². The maximum Gasteiger partial charge on any atom is 0.229 e. The van der Waals surface area contributed by atoms with E-state index in [1.54, 1.807) is 6.07 Å². The van der Waals surface area contributed by atoms with Crippen LogP contribution in [0.4, 0.5) is 5.69 Å². The molecule has 0 amide bonds. The number of hydrogen-bond donors (Lipinski definition) is 2. The van der Waals surface area contributed by atoms with Gasteiger partial charge in [-0.3, -0.25) is 9.71 Å². The second kappa shape index (κ2) is 7.00. The van der Waals surface area contributed by atoms with Crippen LogP contribution in [0.3, 0.4) is 0 Å². The molecule has 0 unspecified atom stereocenters. The van der Waals surface area contributed by atoms with Crippen LogP contribution in [0.2, 0.25) is 0 Å². The van der Waals surface area contributed by atoms with Crippen molar-refractivity contribution in [2.24, 2.45) is 4.99 Å². The summed E-state index contributed by atoms with van der Waals surface area (Å²) in [6.45, 7) is 5.75. The quantitative estimate of drug-likeness (QED) is 0.855. The number of aryl methyl sites for hydroxylation is 2. The molecule has 0 spiro atoms. The molecule has 1 aromatic rings. The average molecular weight is 334 g/mol. The molecule has 0 aliphatic carbocycles. The van der Waals surface area contributed by atoms with Crippen molar-refractivity contribution in [3.05, 3.63) is 23.3 Å². The molecule has 0 aromatic heterocycles. The topological polar surface area (TPSA) is 79.8 Å². The normalized spacial score (nSPS) is 14.0. The zero-order valence-electron chi connectivity index (χ0n) is 12.3. The first-order chi connectivity index (χ1) is 9.35. The Hall–Kier alpha value is -1.47. The van der Waals surface area contributed by atoms with E-state index in [0.717, 1.165) is 36.3 Å². The van der Waals surface area contributed by atoms with E-state index in [2.05, 4.69) is 15.0 Å². The minimum Gasteiger partial charge on any atom is -0.485 e. The van der Waals surface area contributed by atoms with Crippen LogP contribution < -0.4 is 14.8 Å². The largest absolute Gasteiger partial charge is 0.485 e. The summed E-state index contributed by atoms with van der Waals surface area (Å²) in [5.74, 6) is 1.47. The Bertz CT molecular complexity index is 644. The van der Waals surface area contributed by atoms with Gasteiger partial charge in [0.2, 0.25) is 10.0 Å². The van der Waals surface area contributed by atoms with E-state index >= 15 is 0 Å². The molecule has 21 heavy (non-hydrogen) atoms. The van der Waals surface area contributed by atoms with E-state index in [0.29, 0.717) is 18.0 Å². The Morgan fingerprint density at radius 3 is 2.62 bits per heavy atom. The number of ether oxygens (including phenoxy) is 1. The summed E-state index contributed by atoms with van der Waals surface area (Å²) in [4.78, 5) is 4.25. The van der Waals surface area contributed by atoms with Crippen LogP contribution >= 0.6 is 12.4 Å². The number of nitrogens with zero attached hydrogens (tertiary/aromatic N) is 1. The smallest absolute Gasteiger partial charge is 0.229 e. The summed E-state index contributed by atoms with van der Waals surface area (Å²) in [5.41, 5.74) is 2.35. The van der Waals surface area contributed by atoms with Crippen molar-refractivity contribution in [1.29, 1.82) is 0 Å². The third kappa shape index (κ3) is 5.09. The number of benzene rings is 1. The summed E-state index contributed by atoms with van der Waals surface area (Å²) in [6.07, 6.45) is 1.13. The number of aliphatic imine (C=N–C) groups is 1. The molecule has 0 saturated heterocycles. The second-order valence-corrected chi connectivity index (χ2v) is 6.60. The van der Waals surface area contributed by atoms with Gasteiger partial charge in [0.1, 0.15) is 18.2 Å². The number of hydrogen-bond acceptors (Lipinski definition) is 5. The Morgan fingerprint density at radius 2 is 2.05 bits per heavy atom. The lowest BCUT2D eigenvalue weighted by Gasteiger charge is -2.14. The first-order valence-electron chi connectivity index (χ1n) is 6.34. The summed E-state index contributed by atoms with van der Waals surface area (Å²) in [7, 11) is -3.30. The molecule has 6 nitrogen and oxygen atoms in total. The molecule has 2 rings (SSSR count). The van der Waals surface area contributed by atoms with Crippen LogP contribution in [-0.4, -0.2) is 40.2 Å². The van der Waals surface area contributed by atoms with Gasteiger partial charge < -0.3 is 10.1 Å². The Balaban J connectivity index is 0.00000220. The molecule has 2 N–H and O–H groups in total. The average Bonchev–Trinajstić information content (AvgIpc) is 2.82. The predicted octanol–water partition coefficient (Wildman–Crippen LogP) is 1.48. The van der Waals surface area contributed by atoms with Crippen LogP contribution in [0.1, 0.15) is 11.1 Å². The number of halogens is 1. The molecule has 1 aromatic carbocycles. The van der Waals surface area contributed by atoms with Gasteiger partial charge in [-0.2, -0.15) is 0 Å². The molecule has 0 radical (unpaired) electrons. The number of rotatable bonds is 5. The molecule has 1 aliphatic rings. The highest BCUT2D eigenvalue weighted by molar-refractivity contribution is 7.92. The van der Waals surface area contributed by atoms with E-state index in [9.17, 15) is 8.42 Å². The summed E-state index contributed by atoms with van der Waals surface area (Å²) < 4.78 is 30.9. The summed E-state index contributed by atoms with van der Waals surface area (Å²) in [6, 6.07) is 3.61. The highest BCUT2D eigenvalue weighted by atomic mass is 35.5. The van der Waals surface area contributed by atoms with Crippen molar-refractivity contribution >= 4 is 34.0 Å². The zero-order chi connectivity index (χ0) is 14.8. The van der Waals surface area contributed by atoms with Crippen molar-refractivity contribution < 1.29 is 13.2 Å². The first-order valence-corrected chi connectivity index (χ1v) is 8.23. The molecule has 0 fully saturated rings. The summed E-state index contributed by atoms with van der Waals surface area (Å²) >= 11 is 0. The fraction of sp³-hybridized carbons (Fsp3) is 0.462. The van der Waals surface area contributed by atoms with Crippen LogP contribution in [0.5, 0.6) is 5.75 Å². The van der Waals surface area contributed by atoms with E-state index < -0.39 is 10.0 Å². The van der Waals surface area contributed by atoms with E-state index in [1.807, 2.05) is 19.9 Å². The van der Waals surface area contributed by atoms with Gasteiger partial charge in [-0.1, -0.05) is 6.07 Å². The molecular weight excluding hydrogens is 314 g/mol. The molecule has 1 aliphatic heterocycles. The number of nitrogens with one attached hydrogen (secondary N) is 2. The SMILES string of the molecule is Cc1cc(C)c(OCC2=NCCN2)cc1NS(C)(=O)=O.Cl. The van der Waals surface area contributed by atoms with Gasteiger partial charge in [-0.25, -0.2) is 8.42 Å². The fourth-order valence-electron chi connectivity index (χ4n) is 1.99. The van der Waals surface area contributed by atoms with Crippen LogP contribution in [0, 0.1) is 13.8 Å². The van der Waals surface area contributed by atoms with Crippen molar-refractivity contribution in [2.45, 2.75) is 13.8 Å². The van der Waals surface area contributed by atoms with Gasteiger partial charge in [0.25, 0.3) is 0 Å². The molecule has 0 bridgehead atoms. The van der Waals surface area contributed by atoms with Crippen molar-refractivity contribution in [3.63, 3.8) is 0 Å². The lowest BCUT2D eigenvalue weighted by atomic mass is 10.1. The molecule has 0 saturated carbocycles. The molecule has 8 heteroatoms. The highest BCUT2D eigenvalue weighted by Crippen LogP contribution is 2.27. The Kier molecular flexibility index (Phi) is 5.86. The third-order valence-corrected chi connectivity index (χ3v) is 3.52. The standard InChI is InChI=1S/C13H19N3O3S.ClH/c1-9-6-10(2)12(7-11(9)16-20(3,17)18)19-8-13-14-4-5-15-13;/h6-7,16H,4-5,8H2,1-3H3,(H,14,15);1H. The van der Waals surface area contributed by atoms with E-state index in [1.165, 1.54) is 0 Å². The van der Waals surface area contributed by atoms with Gasteiger partial charge in [-0.05, 0) is 25.0 Å². The zero-order valence-corrected chi connectivity index (χ0v) is 13.9. The number of sulfonamides is 1. The van der Waals surface area contributed by atoms with Gasteiger partial charge >= 0.3 is 0 Å². The lowest BCUT2D eigenvalue weighted by Crippen LogP contribution is -2.25.